The molecular weight excluding hydrogens is 239 g/mol. The van der Waals surface area contributed by atoms with Crippen LogP contribution in [0, 0.1) is 5.82 Å². The molecule has 1 aromatic rings. The van der Waals surface area contributed by atoms with E-state index in [0.717, 1.165) is 6.07 Å². The van der Waals surface area contributed by atoms with Crippen LogP contribution in [0.15, 0.2) is 18.2 Å². The molecule has 0 bridgehead atoms. The zero-order chi connectivity index (χ0) is 11.4. The number of hydrogen-bond acceptors (Lipinski definition) is 3. The Kier molecular flexibility index (Phi) is 4.86. The Bertz CT molecular complexity index is 335. The topological polar surface area (TPSA) is 40.5 Å². The number of halogens is 2. The Morgan fingerprint density at radius 2 is 2.07 bits per heavy atom. The van der Waals surface area contributed by atoms with Crippen LogP contribution in [0.2, 0.25) is 5.02 Å². The largest absolute Gasteiger partial charge is 0.390 e. The van der Waals surface area contributed by atoms with Crippen molar-refractivity contribution in [3.8, 4) is 0 Å². The predicted octanol–water partition coefficient (Wildman–Crippen LogP) is 2.19. The van der Waals surface area contributed by atoms with Gasteiger partial charge in [0.1, 0.15) is 11.9 Å². The summed E-state index contributed by atoms with van der Waals surface area (Å²) in [6.07, 6.45) is -1.61. The van der Waals surface area contributed by atoms with Gasteiger partial charge in [-0.25, -0.2) is 4.39 Å². The average Bonchev–Trinajstić information content (AvgIpc) is 2.21. The minimum Gasteiger partial charge on any atom is -0.390 e. The summed E-state index contributed by atoms with van der Waals surface area (Å²) >= 11 is 9.50. The zero-order valence-corrected chi connectivity index (χ0v) is 9.55. The molecule has 1 aromatic carbocycles. The lowest BCUT2D eigenvalue weighted by Gasteiger charge is -2.17. The zero-order valence-electron chi connectivity index (χ0n) is 7.90. The normalized spacial score (nSPS) is 15.0. The van der Waals surface area contributed by atoms with Crippen molar-refractivity contribution in [2.24, 2.45) is 0 Å². The van der Waals surface area contributed by atoms with E-state index in [1.165, 1.54) is 12.1 Å². The summed E-state index contributed by atoms with van der Waals surface area (Å²) in [5.41, 5.74) is 0.399. The van der Waals surface area contributed by atoms with Crippen LogP contribution < -0.4 is 0 Å². The molecule has 1 rings (SSSR count). The highest BCUT2D eigenvalue weighted by Crippen LogP contribution is 2.24. The average molecular weight is 251 g/mol. The fourth-order valence-electron chi connectivity index (χ4n) is 1.21. The number of aliphatic hydroxyl groups excluding tert-OH is 2. The Morgan fingerprint density at radius 3 is 2.60 bits per heavy atom. The molecule has 2 unspecified atom stereocenters. The first kappa shape index (κ1) is 12.8. The number of rotatable bonds is 4. The summed E-state index contributed by atoms with van der Waals surface area (Å²) in [4.78, 5) is 0. The summed E-state index contributed by atoms with van der Waals surface area (Å²) in [6.45, 7) is 0. The van der Waals surface area contributed by atoms with Gasteiger partial charge in [0.25, 0.3) is 0 Å². The summed E-state index contributed by atoms with van der Waals surface area (Å²) in [5, 5.41) is 19.1. The molecule has 0 aliphatic rings. The van der Waals surface area contributed by atoms with E-state index in [1.54, 1.807) is 0 Å². The highest BCUT2D eigenvalue weighted by Gasteiger charge is 2.18. The molecule has 2 N–H and O–H groups in total. The number of aliphatic hydroxyl groups is 2. The van der Waals surface area contributed by atoms with E-state index in [4.69, 9.17) is 11.6 Å². The second-order valence-corrected chi connectivity index (χ2v) is 4.05. The second-order valence-electron chi connectivity index (χ2n) is 3.20. The molecule has 0 amide bonds. The van der Waals surface area contributed by atoms with Crippen molar-refractivity contribution in [1.29, 1.82) is 0 Å². The van der Waals surface area contributed by atoms with E-state index < -0.39 is 18.0 Å². The molecule has 0 spiro atoms. The fraction of sp³-hybridized carbons (Fsp3) is 0.400. The van der Waals surface area contributed by atoms with Gasteiger partial charge in [-0.15, -0.1) is 0 Å². The van der Waals surface area contributed by atoms with Gasteiger partial charge in [-0.05, 0) is 29.9 Å². The van der Waals surface area contributed by atoms with Crippen molar-refractivity contribution < 1.29 is 14.6 Å². The van der Waals surface area contributed by atoms with Gasteiger partial charge >= 0.3 is 0 Å². The first-order valence-electron chi connectivity index (χ1n) is 4.48. The second kappa shape index (κ2) is 5.70. The van der Waals surface area contributed by atoms with Crippen molar-refractivity contribution >= 4 is 24.2 Å². The molecule has 0 fully saturated rings. The molecule has 0 saturated carbocycles. The molecule has 0 radical (unpaired) electrons. The van der Waals surface area contributed by atoms with Gasteiger partial charge in [0.05, 0.1) is 11.1 Å². The van der Waals surface area contributed by atoms with Crippen molar-refractivity contribution in [2.45, 2.75) is 18.6 Å². The molecule has 0 aliphatic heterocycles. The highest BCUT2D eigenvalue weighted by molar-refractivity contribution is 7.80. The van der Waals surface area contributed by atoms with Gasteiger partial charge in [0.15, 0.2) is 0 Å². The van der Waals surface area contributed by atoms with E-state index >= 15 is 0 Å². The molecule has 0 aromatic heterocycles. The van der Waals surface area contributed by atoms with Crippen LogP contribution in [-0.2, 0) is 0 Å². The summed E-state index contributed by atoms with van der Waals surface area (Å²) in [6, 6.07) is 3.87. The first-order valence-corrected chi connectivity index (χ1v) is 5.49. The number of thiol groups is 1. The van der Waals surface area contributed by atoms with Crippen LogP contribution in [0.5, 0.6) is 0 Å². The molecule has 2 nitrogen and oxygen atoms in total. The summed E-state index contributed by atoms with van der Waals surface area (Å²) in [7, 11) is 0. The van der Waals surface area contributed by atoms with E-state index in [1.807, 2.05) is 0 Å². The van der Waals surface area contributed by atoms with Gasteiger partial charge in [-0.3, -0.25) is 0 Å². The van der Waals surface area contributed by atoms with E-state index in [-0.39, 0.29) is 5.02 Å². The van der Waals surface area contributed by atoms with Crippen LogP contribution in [0.3, 0.4) is 0 Å². The van der Waals surface area contributed by atoms with Crippen molar-refractivity contribution in [3.63, 3.8) is 0 Å². The van der Waals surface area contributed by atoms with E-state index in [2.05, 4.69) is 12.6 Å². The van der Waals surface area contributed by atoms with Crippen molar-refractivity contribution in [3.05, 3.63) is 34.6 Å². The monoisotopic (exact) mass is 250 g/mol. The third kappa shape index (κ3) is 3.34. The molecule has 0 heterocycles. The Morgan fingerprint density at radius 1 is 1.40 bits per heavy atom. The van der Waals surface area contributed by atoms with Gasteiger partial charge in [-0.2, -0.15) is 12.6 Å². The first-order chi connectivity index (χ1) is 7.06. The lowest BCUT2D eigenvalue weighted by molar-refractivity contribution is 0.0172. The summed E-state index contributed by atoms with van der Waals surface area (Å²) in [5.74, 6) is -0.0797. The maximum atomic E-state index is 12.8. The molecule has 2 atom stereocenters. The minimum absolute atomic E-state index is 0.0652. The molecular formula is C10H12ClFO2S. The molecule has 84 valence electrons. The third-order valence-electron chi connectivity index (χ3n) is 2.07. The predicted molar refractivity (Wildman–Crippen MR) is 60.8 cm³/mol. The Labute approximate surface area is 98.1 Å². The lowest BCUT2D eigenvalue weighted by Crippen LogP contribution is -2.18. The van der Waals surface area contributed by atoms with Crippen LogP contribution in [0.4, 0.5) is 4.39 Å². The Balaban J connectivity index is 2.81. The summed E-state index contributed by atoms with van der Waals surface area (Å²) < 4.78 is 12.8. The fourth-order valence-corrected chi connectivity index (χ4v) is 1.66. The molecule has 15 heavy (non-hydrogen) atoms. The van der Waals surface area contributed by atoms with Gasteiger partial charge in [0, 0.05) is 0 Å². The van der Waals surface area contributed by atoms with Crippen molar-refractivity contribution in [2.75, 3.05) is 5.75 Å². The van der Waals surface area contributed by atoms with Crippen LogP contribution in [0.25, 0.3) is 0 Å². The number of hydrogen-bond donors (Lipinski definition) is 3. The third-order valence-corrected chi connectivity index (χ3v) is 2.62. The SMILES string of the molecule is OC(CCS)C(O)c1ccc(F)c(Cl)c1. The molecule has 0 aliphatic carbocycles. The molecule has 5 heteroatoms. The quantitative estimate of drug-likeness (QED) is 0.717. The van der Waals surface area contributed by atoms with Gasteiger partial charge in [0.2, 0.25) is 0 Å². The lowest BCUT2D eigenvalue weighted by atomic mass is 10.0. The van der Waals surface area contributed by atoms with Gasteiger partial charge in [-0.1, -0.05) is 17.7 Å². The van der Waals surface area contributed by atoms with Crippen molar-refractivity contribution in [1.82, 2.24) is 0 Å². The van der Waals surface area contributed by atoms with Crippen LogP contribution in [0.1, 0.15) is 18.1 Å². The van der Waals surface area contributed by atoms with Crippen LogP contribution in [-0.4, -0.2) is 22.1 Å². The number of benzene rings is 1. The highest BCUT2D eigenvalue weighted by atomic mass is 35.5. The van der Waals surface area contributed by atoms with E-state index in [9.17, 15) is 14.6 Å². The molecule has 0 saturated heterocycles. The van der Waals surface area contributed by atoms with Crippen LogP contribution >= 0.6 is 24.2 Å². The maximum absolute atomic E-state index is 12.8. The van der Waals surface area contributed by atoms with E-state index in [0.29, 0.717) is 17.7 Å². The maximum Gasteiger partial charge on any atom is 0.141 e. The standard InChI is InChI=1S/C10H12ClFO2S/c11-7-5-6(1-2-8(7)12)10(14)9(13)3-4-15/h1-2,5,9-10,13-15H,3-4H2. The smallest absolute Gasteiger partial charge is 0.141 e. The Hall–Kier alpha value is -0.290. The minimum atomic E-state index is -1.06. The van der Waals surface area contributed by atoms with Gasteiger partial charge < -0.3 is 10.2 Å².